The summed E-state index contributed by atoms with van der Waals surface area (Å²) in [5, 5.41) is 0. The summed E-state index contributed by atoms with van der Waals surface area (Å²) < 4.78 is 2.28. The first-order valence-corrected chi connectivity index (χ1v) is 6.30. The lowest BCUT2D eigenvalue weighted by Gasteiger charge is -2.04. The Hall–Kier alpha value is -2.09. The quantitative estimate of drug-likeness (QED) is 0.681. The maximum absolute atomic E-state index is 4.38. The van der Waals surface area contributed by atoms with Gasteiger partial charge in [0.25, 0.3) is 0 Å². The number of aryl methyl sites for hydroxylation is 3. The molecule has 3 aromatic heterocycles. The van der Waals surface area contributed by atoms with Crippen molar-refractivity contribution >= 4 is 5.52 Å². The summed E-state index contributed by atoms with van der Waals surface area (Å²) in [4.78, 5) is 4.38. The summed E-state index contributed by atoms with van der Waals surface area (Å²) >= 11 is 0. The summed E-state index contributed by atoms with van der Waals surface area (Å²) in [6.07, 6.45) is 6.01. The van der Waals surface area contributed by atoms with Crippen molar-refractivity contribution in [2.75, 3.05) is 0 Å². The standard InChI is InChI=1S/C16H16N2/c1-13-12-15-7-3-5-11-18(15)16(13)9-8-14-6-2-4-10-17-14/h2-7,10-12H,8-9H2,1H3. The van der Waals surface area contributed by atoms with E-state index in [1.807, 2.05) is 18.3 Å². The molecule has 0 aliphatic carbocycles. The average Bonchev–Trinajstić information content (AvgIpc) is 2.73. The van der Waals surface area contributed by atoms with Gasteiger partial charge in [-0.05, 0) is 55.7 Å². The Morgan fingerprint density at radius 2 is 1.94 bits per heavy atom. The van der Waals surface area contributed by atoms with E-state index in [0.717, 1.165) is 18.5 Å². The zero-order chi connectivity index (χ0) is 12.4. The molecule has 0 fully saturated rings. The van der Waals surface area contributed by atoms with Gasteiger partial charge in [0.05, 0.1) is 0 Å². The number of pyridine rings is 2. The predicted octanol–water partition coefficient (Wildman–Crippen LogP) is 3.43. The molecule has 0 N–H and O–H groups in total. The molecule has 0 aliphatic heterocycles. The van der Waals surface area contributed by atoms with Crippen LogP contribution in [0.5, 0.6) is 0 Å². The Labute approximate surface area is 107 Å². The van der Waals surface area contributed by atoms with Crippen LogP contribution in [0.4, 0.5) is 0 Å². The van der Waals surface area contributed by atoms with Crippen molar-refractivity contribution in [2.45, 2.75) is 19.8 Å². The lowest BCUT2D eigenvalue weighted by Crippen LogP contribution is -1.99. The summed E-state index contributed by atoms with van der Waals surface area (Å²) in [5.74, 6) is 0. The lowest BCUT2D eigenvalue weighted by molar-refractivity contribution is 0.859. The van der Waals surface area contributed by atoms with Gasteiger partial charge in [0.2, 0.25) is 0 Å². The van der Waals surface area contributed by atoms with Crippen molar-refractivity contribution in [1.29, 1.82) is 0 Å². The lowest BCUT2D eigenvalue weighted by atomic mass is 10.1. The summed E-state index contributed by atoms with van der Waals surface area (Å²) in [7, 11) is 0. The van der Waals surface area contributed by atoms with Crippen molar-refractivity contribution in [3.8, 4) is 0 Å². The molecule has 0 atom stereocenters. The van der Waals surface area contributed by atoms with Crippen LogP contribution < -0.4 is 0 Å². The molecular weight excluding hydrogens is 220 g/mol. The number of fused-ring (bicyclic) bond motifs is 1. The number of hydrogen-bond acceptors (Lipinski definition) is 1. The molecule has 2 heteroatoms. The van der Waals surface area contributed by atoms with E-state index in [-0.39, 0.29) is 0 Å². The maximum atomic E-state index is 4.38. The predicted molar refractivity (Wildman–Crippen MR) is 73.8 cm³/mol. The second-order valence-electron chi connectivity index (χ2n) is 4.59. The van der Waals surface area contributed by atoms with E-state index in [0.29, 0.717) is 0 Å². The molecule has 0 aliphatic rings. The van der Waals surface area contributed by atoms with Gasteiger partial charge in [-0.25, -0.2) is 0 Å². The smallest absolute Gasteiger partial charge is 0.0455 e. The van der Waals surface area contributed by atoms with Gasteiger partial charge in [0, 0.05) is 29.3 Å². The van der Waals surface area contributed by atoms with Crippen molar-refractivity contribution in [2.24, 2.45) is 0 Å². The third-order valence-electron chi connectivity index (χ3n) is 3.35. The van der Waals surface area contributed by atoms with Crippen LogP contribution in [0.3, 0.4) is 0 Å². The van der Waals surface area contributed by atoms with Crippen LogP contribution in [-0.4, -0.2) is 9.38 Å². The van der Waals surface area contributed by atoms with Gasteiger partial charge in [-0.3, -0.25) is 4.98 Å². The van der Waals surface area contributed by atoms with Crippen LogP contribution in [0.25, 0.3) is 5.52 Å². The van der Waals surface area contributed by atoms with Crippen molar-refractivity contribution in [3.63, 3.8) is 0 Å². The monoisotopic (exact) mass is 236 g/mol. The molecule has 3 aromatic rings. The fourth-order valence-electron chi connectivity index (χ4n) is 2.42. The van der Waals surface area contributed by atoms with Gasteiger partial charge in [-0.2, -0.15) is 0 Å². The van der Waals surface area contributed by atoms with E-state index in [4.69, 9.17) is 0 Å². The van der Waals surface area contributed by atoms with Crippen LogP contribution in [0.2, 0.25) is 0 Å². The van der Waals surface area contributed by atoms with E-state index in [1.54, 1.807) is 0 Å². The van der Waals surface area contributed by atoms with Crippen LogP contribution in [0.1, 0.15) is 17.0 Å². The molecule has 2 nitrogen and oxygen atoms in total. The van der Waals surface area contributed by atoms with Gasteiger partial charge in [-0.1, -0.05) is 12.1 Å². The third-order valence-corrected chi connectivity index (χ3v) is 3.35. The summed E-state index contributed by atoms with van der Waals surface area (Å²) in [6, 6.07) is 14.6. The minimum atomic E-state index is 0.989. The molecular formula is C16H16N2. The first-order valence-electron chi connectivity index (χ1n) is 6.30. The first-order chi connectivity index (χ1) is 8.84. The van der Waals surface area contributed by atoms with Crippen LogP contribution in [0.15, 0.2) is 54.9 Å². The fraction of sp³-hybridized carbons (Fsp3) is 0.188. The Balaban J connectivity index is 1.89. The molecule has 0 radical (unpaired) electrons. The van der Waals surface area contributed by atoms with E-state index in [1.165, 1.54) is 16.8 Å². The highest BCUT2D eigenvalue weighted by atomic mass is 14.9. The topological polar surface area (TPSA) is 17.3 Å². The van der Waals surface area contributed by atoms with Gasteiger partial charge in [0.15, 0.2) is 0 Å². The second kappa shape index (κ2) is 4.65. The molecule has 0 saturated heterocycles. The van der Waals surface area contributed by atoms with Crippen LogP contribution in [-0.2, 0) is 12.8 Å². The number of rotatable bonds is 3. The van der Waals surface area contributed by atoms with Gasteiger partial charge in [0.1, 0.15) is 0 Å². The summed E-state index contributed by atoms with van der Waals surface area (Å²) in [5.41, 5.74) is 5.17. The van der Waals surface area contributed by atoms with Crippen LogP contribution >= 0.6 is 0 Å². The molecule has 0 saturated carbocycles. The highest BCUT2D eigenvalue weighted by Crippen LogP contribution is 2.17. The van der Waals surface area contributed by atoms with E-state index in [2.05, 4.69) is 52.8 Å². The molecule has 0 bridgehead atoms. The Morgan fingerprint density at radius 3 is 2.78 bits per heavy atom. The SMILES string of the molecule is Cc1cc2ccccn2c1CCc1ccccn1. The highest BCUT2D eigenvalue weighted by Gasteiger charge is 2.06. The Kier molecular flexibility index (Phi) is 2.85. The average molecular weight is 236 g/mol. The zero-order valence-corrected chi connectivity index (χ0v) is 10.5. The molecule has 0 unspecified atom stereocenters. The molecule has 18 heavy (non-hydrogen) atoms. The van der Waals surface area contributed by atoms with E-state index >= 15 is 0 Å². The minimum Gasteiger partial charge on any atom is -0.321 e. The molecule has 0 amide bonds. The molecule has 3 heterocycles. The normalized spacial score (nSPS) is 10.9. The fourth-order valence-corrected chi connectivity index (χ4v) is 2.42. The van der Waals surface area contributed by atoms with Crippen molar-refractivity contribution in [1.82, 2.24) is 9.38 Å². The largest absolute Gasteiger partial charge is 0.321 e. The van der Waals surface area contributed by atoms with Gasteiger partial charge >= 0.3 is 0 Å². The van der Waals surface area contributed by atoms with Gasteiger partial charge in [-0.15, -0.1) is 0 Å². The number of hydrogen-bond donors (Lipinski definition) is 0. The highest BCUT2D eigenvalue weighted by molar-refractivity contribution is 5.53. The zero-order valence-electron chi connectivity index (χ0n) is 10.5. The molecule has 3 rings (SSSR count). The van der Waals surface area contributed by atoms with E-state index in [9.17, 15) is 0 Å². The van der Waals surface area contributed by atoms with Crippen molar-refractivity contribution < 1.29 is 0 Å². The van der Waals surface area contributed by atoms with E-state index < -0.39 is 0 Å². The third kappa shape index (κ3) is 2.02. The number of nitrogens with zero attached hydrogens (tertiary/aromatic N) is 2. The Morgan fingerprint density at radius 1 is 1.06 bits per heavy atom. The Bertz CT molecular complexity index is 653. The first kappa shape index (κ1) is 11.0. The summed E-state index contributed by atoms with van der Waals surface area (Å²) in [6.45, 7) is 2.18. The number of aromatic nitrogens is 2. The second-order valence-corrected chi connectivity index (χ2v) is 4.59. The maximum Gasteiger partial charge on any atom is 0.0455 e. The molecule has 0 spiro atoms. The molecule has 0 aromatic carbocycles. The van der Waals surface area contributed by atoms with Crippen LogP contribution in [0, 0.1) is 6.92 Å². The minimum absolute atomic E-state index is 0.989. The molecule has 90 valence electrons. The van der Waals surface area contributed by atoms with Crippen molar-refractivity contribution in [3.05, 3.63) is 71.8 Å². The van der Waals surface area contributed by atoms with Gasteiger partial charge < -0.3 is 4.40 Å².